The summed E-state index contributed by atoms with van der Waals surface area (Å²) < 4.78 is 5.29. The smallest absolute Gasteiger partial charge is 0.251 e. The number of nitrogens with one attached hydrogen (secondary N) is 2. The van der Waals surface area contributed by atoms with E-state index < -0.39 is 6.04 Å². The van der Waals surface area contributed by atoms with Crippen LogP contribution in [0.4, 0.5) is 5.69 Å². The number of benzene rings is 3. The molecule has 5 heteroatoms. The van der Waals surface area contributed by atoms with Gasteiger partial charge in [0.25, 0.3) is 5.91 Å². The molecule has 2 N–H and O–H groups in total. The van der Waals surface area contributed by atoms with Gasteiger partial charge in [0, 0.05) is 17.3 Å². The highest BCUT2D eigenvalue weighted by Crippen LogP contribution is 2.19. The fraction of sp³-hybridized carbons (Fsp3) is 0.0833. The summed E-state index contributed by atoms with van der Waals surface area (Å²) in [5.41, 5.74) is 2.13. The standard InChI is InChI=1S/C24H22N2O3/c1-29-21-15-9-8-10-18(21)16-17-22(27)26-23(19-11-4-2-5-12-19)24(28)25-20-13-6-3-7-14-20/h2-17,23H,1H3,(H,25,28)(H,26,27)/b17-16+. The van der Waals surface area contributed by atoms with Gasteiger partial charge in [-0.25, -0.2) is 0 Å². The molecule has 0 radical (unpaired) electrons. The fourth-order valence-corrected chi connectivity index (χ4v) is 2.84. The normalized spacial score (nSPS) is 11.6. The molecule has 3 aromatic rings. The first-order valence-electron chi connectivity index (χ1n) is 9.20. The topological polar surface area (TPSA) is 67.4 Å². The minimum Gasteiger partial charge on any atom is -0.496 e. The molecule has 2 amide bonds. The van der Waals surface area contributed by atoms with Gasteiger partial charge in [-0.1, -0.05) is 66.7 Å². The molecule has 3 aromatic carbocycles. The van der Waals surface area contributed by atoms with Gasteiger partial charge in [-0.2, -0.15) is 0 Å². The molecule has 0 saturated carbocycles. The lowest BCUT2D eigenvalue weighted by Crippen LogP contribution is -2.36. The first kappa shape index (κ1) is 19.9. The predicted molar refractivity (Wildman–Crippen MR) is 114 cm³/mol. The highest BCUT2D eigenvalue weighted by molar-refractivity contribution is 6.00. The average Bonchev–Trinajstić information content (AvgIpc) is 2.77. The molecule has 0 heterocycles. The third kappa shape index (κ3) is 5.56. The zero-order chi connectivity index (χ0) is 20.5. The molecule has 146 valence electrons. The molecule has 1 unspecified atom stereocenters. The molecule has 29 heavy (non-hydrogen) atoms. The Labute approximate surface area is 170 Å². The van der Waals surface area contributed by atoms with E-state index in [4.69, 9.17) is 4.74 Å². The minimum absolute atomic E-state index is 0.318. The average molecular weight is 386 g/mol. The molecule has 1 atom stereocenters. The molecule has 0 aliphatic heterocycles. The van der Waals surface area contributed by atoms with Crippen molar-refractivity contribution >= 4 is 23.6 Å². The van der Waals surface area contributed by atoms with Crippen molar-refractivity contribution in [3.63, 3.8) is 0 Å². The van der Waals surface area contributed by atoms with Crippen molar-refractivity contribution in [2.45, 2.75) is 6.04 Å². The van der Waals surface area contributed by atoms with Crippen LogP contribution in [0.1, 0.15) is 17.2 Å². The van der Waals surface area contributed by atoms with E-state index in [9.17, 15) is 9.59 Å². The lowest BCUT2D eigenvalue weighted by molar-refractivity contribution is -0.123. The summed E-state index contributed by atoms with van der Waals surface area (Å²) >= 11 is 0. The Bertz CT molecular complexity index is 985. The maximum atomic E-state index is 12.9. The SMILES string of the molecule is COc1ccccc1/C=C/C(=O)NC(C(=O)Nc1ccccc1)c1ccccc1. The molecule has 0 aliphatic carbocycles. The Balaban J connectivity index is 1.77. The maximum absolute atomic E-state index is 12.9. The van der Waals surface area contributed by atoms with Crippen molar-refractivity contribution < 1.29 is 14.3 Å². The van der Waals surface area contributed by atoms with Gasteiger partial charge in [-0.05, 0) is 29.8 Å². The lowest BCUT2D eigenvalue weighted by Gasteiger charge is -2.18. The number of hydrogen-bond donors (Lipinski definition) is 2. The summed E-state index contributed by atoms with van der Waals surface area (Å²) in [5.74, 6) is -0.0348. The van der Waals surface area contributed by atoms with E-state index in [-0.39, 0.29) is 11.8 Å². The predicted octanol–water partition coefficient (Wildman–Crippen LogP) is 4.20. The van der Waals surface area contributed by atoms with E-state index in [0.717, 1.165) is 5.56 Å². The summed E-state index contributed by atoms with van der Waals surface area (Å²) in [6.45, 7) is 0. The first-order valence-corrected chi connectivity index (χ1v) is 9.20. The highest BCUT2D eigenvalue weighted by Gasteiger charge is 2.22. The van der Waals surface area contributed by atoms with Gasteiger partial charge in [0.2, 0.25) is 5.91 Å². The zero-order valence-corrected chi connectivity index (χ0v) is 16.0. The van der Waals surface area contributed by atoms with Crippen LogP contribution in [0, 0.1) is 0 Å². The summed E-state index contributed by atoms with van der Waals surface area (Å²) in [6, 6.07) is 24.8. The van der Waals surface area contributed by atoms with Crippen molar-refractivity contribution in [1.82, 2.24) is 5.32 Å². The second-order valence-corrected chi connectivity index (χ2v) is 6.28. The van der Waals surface area contributed by atoms with Crippen LogP contribution in [0.25, 0.3) is 6.08 Å². The third-order valence-corrected chi connectivity index (χ3v) is 4.28. The van der Waals surface area contributed by atoms with E-state index in [1.54, 1.807) is 37.5 Å². The van der Waals surface area contributed by atoms with Gasteiger partial charge < -0.3 is 15.4 Å². The fourth-order valence-electron chi connectivity index (χ4n) is 2.84. The number of carbonyl (C=O) groups is 2. The van der Waals surface area contributed by atoms with Crippen LogP contribution in [0.3, 0.4) is 0 Å². The Morgan fingerprint density at radius 2 is 1.48 bits per heavy atom. The quantitative estimate of drug-likeness (QED) is 0.598. The highest BCUT2D eigenvalue weighted by atomic mass is 16.5. The zero-order valence-electron chi connectivity index (χ0n) is 16.0. The number of para-hydroxylation sites is 2. The van der Waals surface area contributed by atoms with Gasteiger partial charge in [0.05, 0.1) is 7.11 Å². The van der Waals surface area contributed by atoms with E-state index >= 15 is 0 Å². The van der Waals surface area contributed by atoms with Crippen LogP contribution >= 0.6 is 0 Å². The molecule has 0 aliphatic rings. The molecule has 0 spiro atoms. The Kier molecular flexibility index (Phi) is 6.79. The largest absolute Gasteiger partial charge is 0.496 e. The van der Waals surface area contributed by atoms with Crippen LogP contribution < -0.4 is 15.4 Å². The number of anilines is 1. The summed E-state index contributed by atoms with van der Waals surface area (Å²) in [4.78, 5) is 25.4. The van der Waals surface area contributed by atoms with Gasteiger partial charge in [-0.3, -0.25) is 9.59 Å². The van der Waals surface area contributed by atoms with Crippen molar-refractivity contribution in [2.75, 3.05) is 12.4 Å². The number of amides is 2. The summed E-state index contributed by atoms with van der Waals surface area (Å²) in [6.07, 6.45) is 3.05. The number of methoxy groups -OCH3 is 1. The molecular formula is C24H22N2O3. The number of carbonyl (C=O) groups excluding carboxylic acids is 2. The van der Waals surface area contributed by atoms with Gasteiger partial charge >= 0.3 is 0 Å². The molecule has 0 bridgehead atoms. The summed E-state index contributed by atoms with van der Waals surface area (Å²) in [7, 11) is 1.58. The molecular weight excluding hydrogens is 364 g/mol. The molecule has 0 aromatic heterocycles. The minimum atomic E-state index is -0.828. The number of rotatable bonds is 7. The molecule has 3 rings (SSSR count). The van der Waals surface area contributed by atoms with Crippen molar-refractivity contribution in [1.29, 1.82) is 0 Å². The Morgan fingerprint density at radius 3 is 2.17 bits per heavy atom. The van der Waals surface area contributed by atoms with Crippen molar-refractivity contribution in [2.24, 2.45) is 0 Å². The maximum Gasteiger partial charge on any atom is 0.251 e. The number of ether oxygens (including phenoxy) is 1. The Morgan fingerprint density at radius 1 is 0.862 bits per heavy atom. The van der Waals surface area contributed by atoms with Crippen LogP contribution in [-0.4, -0.2) is 18.9 Å². The molecule has 0 saturated heterocycles. The van der Waals surface area contributed by atoms with Crippen LogP contribution in [-0.2, 0) is 9.59 Å². The van der Waals surface area contributed by atoms with E-state index in [1.165, 1.54) is 6.08 Å². The first-order chi connectivity index (χ1) is 14.2. The molecule has 0 fully saturated rings. The monoisotopic (exact) mass is 386 g/mol. The Hall–Kier alpha value is -3.86. The second-order valence-electron chi connectivity index (χ2n) is 6.28. The van der Waals surface area contributed by atoms with E-state index in [0.29, 0.717) is 17.0 Å². The van der Waals surface area contributed by atoms with Crippen LogP contribution in [0.5, 0.6) is 5.75 Å². The van der Waals surface area contributed by atoms with E-state index in [1.807, 2.05) is 60.7 Å². The van der Waals surface area contributed by atoms with Crippen molar-refractivity contribution in [3.05, 3.63) is 102 Å². The van der Waals surface area contributed by atoms with E-state index in [2.05, 4.69) is 10.6 Å². The second kappa shape index (κ2) is 9.90. The van der Waals surface area contributed by atoms with Crippen LogP contribution in [0.15, 0.2) is 91.0 Å². The van der Waals surface area contributed by atoms with Gasteiger partial charge in [0.15, 0.2) is 0 Å². The van der Waals surface area contributed by atoms with Gasteiger partial charge in [-0.15, -0.1) is 0 Å². The van der Waals surface area contributed by atoms with Crippen LogP contribution in [0.2, 0.25) is 0 Å². The lowest BCUT2D eigenvalue weighted by atomic mass is 10.1. The molecule has 5 nitrogen and oxygen atoms in total. The number of hydrogen-bond acceptors (Lipinski definition) is 3. The summed E-state index contributed by atoms with van der Waals surface area (Å²) in [5, 5.41) is 5.62. The van der Waals surface area contributed by atoms with Crippen molar-refractivity contribution in [3.8, 4) is 5.75 Å². The third-order valence-electron chi connectivity index (χ3n) is 4.28. The van der Waals surface area contributed by atoms with Gasteiger partial charge in [0.1, 0.15) is 11.8 Å².